The minimum atomic E-state index is -0.0713. The van der Waals surface area contributed by atoms with E-state index in [1.165, 1.54) is 0 Å². The number of nitrogens with zero attached hydrogens (tertiary/aromatic N) is 3. The molecular formula is C12H20N4OS. The molecule has 18 heavy (non-hydrogen) atoms. The summed E-state index contributed by atoms with van der Waals surface area (Å²) in [6.07, 6.45) is 0. The first-order chi connectivity index (χ1) is 8.58. The van der Waals surface area contributed by atoms with E-state index in [1.807, 2.05) is 21.0 Å². The largest absolute Gasteiger partial charge is 0.347 e. The summed E-state index contributed by atoms with van der Waals surface area (Å²) in [6.45, 7) is 5.32. The van der Waals surface area contributed by atoms with E-state index in [1.54, 1.807) is 16.2 Å². The van der Waals surface area contributed by atoms with Gasteiger partial charge in [0, 0.05) is 44.8 Å². The Hall–Kier alpha value is -0.980. The second-order valence-electron chi connectivity index (χ2n) is 4.81. The lowest BCUT2D eigenvalue weighted by Crippen LogP contribution is -2.57. The third-order valence-corrected chi connectivity index (χ3v) is 4.04. The summed E-state index contributed by atoms with van der Waals surface area (Å²) in [4.78, 5) is 20.5. The SMILES string of the molecule is Cc1csc(CN2CCNCC2C(=O)N(C)C)n1. The van der Waals surface area contributed by atoms with Crippen LogP contribution in [0, 0.1) is 6.92 Å². The quantitative estimate of drug-likeness (QED) is 0.857. The highest BCUT2D eigenvalue weighted by Crippen LogP contribution is 2.15. The Labute approximate surface area is 112 Å². The van der Waals surface area contributed by atoms with Crippen LogP contribution in [-0.4, -0.2) is 60.5 Å². The number of piperazine rings is 1. The van der Waals surface area contributed by atoms with Crippen LogP contribution in [0.2, 0.25) is 0 Å². The molecule has 1 aromatic rings. The molecule has 2 heterocycles. The predicted molar refractivity (Wildman–Crippen MR) is 72.6 cm³/mol. The lowest BCUT2D eigenvalue weighted by Gasteiger charge is -2.35. The molecule has 1 aliphatic heterocycles. The lowest BCUT2D eigenvalue weighted by atomic mass is 10.1. The molecule has 1 amide bonds. The summed E-state index contributed by atoms with van der Waals surface area (Å²) in [5, 5.41) is 6.43. The van der Waals surface area contributed by atoms with Gasteiger partial charge < -0.3 is 10.2 Å². The molecule has 0 saturated carbocycles. The lowest BCUT2D eigenvalue weighted by molar-refractivity contribution is -0.135. The minimum absolute atomic E-state index is 0.0713. The molecule has 1 aliphatic rings. The summed E-state index contributed by atoms with van der Waals surface area (Å²) in [5.74, 6) is 0.162. The highest BCUT2D eigenvalue weighted by atomic mass is 32.1. The van der Waals surface area contributed by atoms with Crippen molar-refractivity contribution in [3.63, 3.8) is 0 Å². The van der Waals surface area contributed by atoms with E-state index < -0.39 is 0 Å². The van der Waals surface area contributed by atoms with Gasteiger partial charge in [0.2, 0.25) is 5.91 Å². The summed E-state index contributed by atoms with van der Waals surface area (Å²) in [5.41, 5.74) is 1.06. The van der Waals surface area contributed by atoms with Gasteiger partial charge in [0.05, 0.1) is 6.54 Å². The second kappa shape index (κ2) is 5.77. The number of rotatable bonds is 3. The molecule has 1 unspecified atom stereocenters. The van der Waals surface area contributed by atoms with Crippen LogP contribution in [0.4, 0.5) is 0 Å². The molecule has 100 valence electrons. The summed E-state index contributed by atoms with van der Waals surface area (Å²) in [7, 11) is 3.62. The van der Waals surface area contributed by atoms with E-state index in [2.05, 4.69) is 20.6 Å². The van der Waals surface area contributed by atoms with Crippen molar-refractivity contribution in [2.45, 2.75) is 19.5 Å². The van der Waals surface area contributed by atoms with E-state index in [9.17, 15) is 4.79 Å². The van der Waals surface area contributed by atoms with Crippen LogP contribution < -0.4 is 5.32 Å². The standard InChI is InChI=1S/C12H20N4OS/c1-9-8-18-11(14-9)7-16-5-4-13-6-10(16)12(17)15(2)3/h8,10,13H,4-7H2,1-3H3. The van der Waals surface area contributed by atoms with Gasteiger partial charge in [-0.3, -0.25) is 9.69 Å². The highest BCUT2D eigenvalue weighted by Gasteiger charge is 2.30. The Morgan fingerprint density at radius 3 is 3.06 bits per heavy atom. The fraction of sp³-hybridized carbons (Fsp3) is 0.667. The number of amides is 1. The molecule has 1 saturated heterocycles. The molecular weight excluding hydrogens is 248 g/mol. The Bertz CT molecular complexity index is 418. The second-order valence-corrected chi connectivity index (χ2v) is 5.75. The number of aromatic nitrogens is 1. The van der Waals surface area contributed by atoms with Gasteiger partial charge in [0.1, 0.15) is 11.0 Å². The van der Waals surface area contributed by atoms with Gasteiger partial charge >= 0.3 is 0 Å². The van der Waals surface area contributed by atoms with Crippen LogP contribution in [0.15, 0.2) is 5.38 Å². The average Bonchev–Trinajstić information content (AvgIpc) is 2.74. The first kappa shape index (κ1) is 13.5. The number of nitrogens with one attached hydrogen (secondary N) is 1. The smallest absolute Gasteiger partial charge is 0.240 e. The number of aryl methyl sites for hydroxylation is 1. The van der Waals surface area contributed by atoms with E-state index in [-0.39, 0.29) is 11.9 Å². The topological polar surface area (TPSA) is 48.5 Å². The molecule has 1 atom stereocenters. The number of likely N-dealkylation sites (N-methyl/N-ethyl adjacent to an activating group) is 1. The molecule has 1 N–H and O–H groups in total. The highest BCUT2D eigenvalue weighted by molar-refractivity contribution is 7.09. The third kappa shape index (κ3) is 3.07. The molecule has 5 nitrogen and oxygen atoms in total. The minimum Gasteiger partial charge on any atom is -0.347 e. The molecule has 1 aromatic heterocycles. The first-order valence-electron chi connectivity index (χ1n) is 6.15. The Morgan fingerprint density at radius 2 is 2.44 bits per heavy atom. The van der Waals surface area contributed by atoms with Crippen molar-refractivity contribution in [1.82, 2.24) is 20.1 Å². The number of hydrogen-bond donors (Lipinski definition) is 1. The molecule has 6 heteroatoms. The van der Waals surface area contributed by atoms with Crippen LogP contribution in [0.1, 0.15) is 10.7 Å². The van der Waals surface area contributed by atoms with Crippen molar-refractivity contribution in [3.8, 4) is 0 Å². The predicted octanol–water partition coefficient (Wildman–Crippen LogP) is 0.314. The van der Waals surface area contributed by atoms with Gasteiger partial charge in [-0.05, 0) is 6.92 Å². The van der Waals surface area contributed by atoms with E-state index in [0.717, 1.165) is 36.9 Å². The molecule has 2 rings (SSSR count). The molecule has 0 aromatic carbocycles. The third-order valence-electron chi connectivity index (χ3n) is 3.09. The van der Waals surface area contributed by atoms with Crippen molar-refractivity contribution in [2.24, 2.45) is 0 Å². The van der Waals surface area contributed by atoms with Crippen LogP contribution in [-0.2, 0) is 11.3 Å². The Balaban J connectivity index is 2.06. The number of carbonyl (C=O) groups excluding carboxylic acids is 1. The van der Waals surface area contributed by atoms with Crippen molar-refractivity contribution in [2.75, 3.05) is 33.7 Å². The van der Waals surface area contributed by atoms with E-state index in [4.69, 9.17) is 0 Å². The van der Waals surface area contributed by atoms with Gasteiger partial charge in [-0.15, -0.1) is 11.3 Å². The first-order valence-corrected chi connectivity index (χ1v) is 7.03. The molecule has 0 spiro atoms. The van der Waals surface area contributed by atoms with Gasteiger partial charge in [0.25, 0.3) is 0 Å². The molecule has 1 fully saturated rings. The van der Waals surface area contributed by atoms with E-state index >= 15 is 0 Å². The molecule has 0 bridgehead atoms. The van der Waals surface area contributed by atoms with Crippen LogP contribution in [0.25, 0.3) is 0 Å². The van der Waals surface area contributed by atoms with Gasteiger partial charge in [0.15, 0.2) is 0 Å². The van der Waals surface area contributed by atoms with E-state index in [0.29, 0.717) is 0 Å². The summed E-state index contributed by atoms with van der Waals surface area (Å²) in [6, 6.07) is -0.0713. The van der Waals surface area contributed by atoms with Crippen LogP contribution >= 0.6 is 11.3 Å². The Morgan fingerprint density at radius 1 is 1.67 bits per heavy atom. The zero-order chi connectivity index (χ0) is 13.1. The number of hydrogen-bond acceptors (Lipinski definition) is 5. The van der Waals surface area contributed by atoms with Gasteiger partial charge in [-0.2, -0.15) is 0 Å². The average molecular weight is 268 g/mol. The van der Waals surface area contributed by atoms with Crippen molar-refractivity contribution in [3.05, 3.63) is 16.1 Å². The van der Waals surface area contributed by atoms with Crippen LogP contribution in [0.5, 0.6) is 0 Å². The normalized spacial score (nSPS) is 20.9. The maximum Gasteiger partial charge on any atom is 0.240 e. The zero-order valence-corrected chi connectivity index (χ0v) is 12.0. The fourth-order valence-corrected chi connectivity index (χ4v) is 2.92. The maximum atomic E-state index is 12.1. The fourth-order valence-electron chi connectivity index (χ4n) is 2.13. The number of thiazole rings is 1. The summed E-state index contributed by atoms with van der Waals surface area (Å²) >= 11 is 1.67. The van der Waals surface area contributed by atoms with Gasteiger partial charge in [-0.25, -0.2) is 4.98 Å². The number of carbonyl (C=O) groups is 1. The van der Waals surface area contributed by atoms with Gasteiger partial charge in [-0.1, -0.05) is 0 Å². The Kier molecular flexibility index (Phi) is 4.31. The van der Waals surface area contributed by atoms with Crippen molar-refractivity contribution >= 4 is 17.2 Å². The summed E-state index contributed by atoms with van der Waals surface area (Å²) < 4.78 is 0. The van der Waals surface area contributed by atoms with Crippen molar-refractivity contribution in [1.29, 1.82) is 0 Å². The molecule has 0 aliphatic carbocycles. The zero-order valence-electron chi connectivity index (χ0n) is 11.1. The monoisotopic (exact) mass is 268 g/mol. The molecule has 0 radical (unpaired) electrons. The maximum absolute atomic E-state index is 12.1. The van der Waals surface area contributed by atoms with Crippen molar-refractivity contribution < 1.29 is 4.79 Å². The van der Waals surface area contributed by atoms with Crippen LogP contribution in [0.3, 0.4) is 0 Å².